The lowest BCUT2D eigenvalue weighted by atomic mass is 9.88. The van der Waals surface area contributed by atoms with Crippen molar-refractivity contribution >= 4 is 15.9 Å². The molecule has 1 atom stereocenters. The first-order chi connectivity index (χ1) is 10.1. The summed E-state index contributed by atoms with van der Waals surface area (Å²) in [5.74, 6) is 0.549. The molecule has 2 aromatic rings. The maximum Gasteiger partial charge on any atom is 0.124 e. The van der Waals surface area contributed by atoms with Crippen molar-refractivity contribution in [3.8, 4) is 5.75 Å². The molecule has 110 valence electrons. The number of hydrogen-bond acceptors (Lipinski definition) is 2. The molecular weight excluding hydrogens is 333 g/mol. The number of fused-ring (bicyclic) bond motifs is 1. The summed E-state index contributed by atoms with van der Waals surface area (Å²) in [6, 6.07) is 10.8. The van der Waals surface area contributed by atoms with Crippen molar-refractivity contribution in [2.45, 2.75) is 31.9 Å². The Morgan fingerprint density at radius 2 is 2.10 bits per heavy atom. The number of rotatable bonds is 3. The van der Waals surface area contributed by atoms with E-state index in [-0.39, 0.29) is 11.9 Å². The largest absolute Gasteiger partial charge is 0.489 e. The van der Waals surface area contributed by atoms with Gasteiger partial charge in [0.1, 0.15) is 18.2 Å². The number of benzene rings is 2. The average Bonchev–Trinajstić information content (AvgIpc) is 2.47. The van der Waals surface area contributed by atoms with E-state index in [1.165, 1.54) is 23.3 Å². The lowest BCUT2D eigenvalue weighted by Gasteiger charge is -2.22. The molecule has 0 radical (unpaired) electrons. The van der Waals surface area contributed by atoms with Crippen LogP contribution in [0.3, 0.4) is 0 Å². The van der Waals surface area contributed by atoms with Gasteiger partial charge in [0.25, 0.3) is 0 Å². The summed E-state index contributed by atoms with van der Waals surface area (Å²) >= 11 is 3.35. The third-order valence-electron chi connectivity index (χ3n) is 3.89. The smallest absolute Gasteiger partial charge is 0.124 e. The van der Waals surface area contributed by atoms with Crippen LogP contribution in [0.2, 0.25) is 0 Å². The Kier molecular flexibility index (Phi) is 4.27. The normalized spacial score (nSPS) is 17.4. The minimum absolute atomic E-state index is 0.106. The van der Waals surface area contributed by atoms with Crippen molar-refractivity contribution in [2.24, 2.45) is 5.73 Å². The lowest BCUT2D eigenvalue weighted by Crippen LogP contribution is -2.17. The highest BCUT2D eigenvalue weighted by Crippen LogP contribution is 2.31. The van der Waals surface area contributed by atoms with Crippen LogP contribution in [-0.4, -0.2) is 0 Å². The van der Waals surface area contributed by atoms with E-state index in [0.717, 1.165) is 35.0 Å². The summed E-state index contributed by atoms with van der Waals surface area (Å²) in [6.45, 7) is 0.398. The van der Waals surface area contributed by atoms with E-state index in [0.29, 0.717) is 6.61 Å². The van der Waals surface area contributed by atoms with E-state index < -0.39 is 0 Å². The number of ether oxygens (including phenoxy) is 1. The Bertz CT molecular complexity index is 659. The van der Waals surface area contributed by atoms with Crippen molar-refractivity contribution in [3.63, 3.8) is 0 Å². The van der Waals surface area contributed by atoms with E-state index in [2.05, 4.69) is 22.0 Å². The summed E-state index contributed by atoms with van der Waals surface area (Å²) in [6.07, 6.45) is 3.27. The zero-order chi connectivity index (χ0) is 14.8. The highest BCUT2D eigenvalue weighted by atomic mass is 79.9. The summed E-state index contributed by atoms with van der Waals surface area (Å²) in [5, 5.41) is 0. The molecular formula is C17H17BrFNO. The van der Waals surface area contributed by atoms with Crippen molar-refractivity contribution in [1.29, 1.82) is 0 Å². The van der Waals surface area contributed by atoms with Crippen LogP contribution in [0.25, 0.3) is 0 Å². The fourth-order valence-corrected chi connectivity index (χ4v) is 3.17. The van der Waals surface area contributed by atoms with Gasteiger partial charge in [0.2, 0.25) is 0 Å². The minimum Gasteiger partial charge on any atom is -0.489 e. The van der Waals surface area contributed by atoms with Gasteiger partial charge in [0.05, 0.1) is 0 Å². The van der Waals surface area contributed by atoms with Crippen molar-refractivity contribution < 1.29 is 9.13 Å². The SMILES string of the molecule is NC1CCCc2ccc(OCc3ccc(F)cc3Br)cc21. The first-order valence-corrected chi connectivity index (χ1v) is 7.88. The zero-order valence-corrected chi connectivity index (χ0v) is 13.2. The third kappa shape index (κ3) is 3.27. The molecule has 2 N–H and O–H groups in total. The van der Waals surface area contributed by atoms with E-state index in [1.807, 2.05) is 12.1 Å². The van der Waals surface area contributed by atoms with Crippen molar-refractivity contribution in [2.75, 3.05) is 0 Å². The molecule has 1 unspecified atom stereocenters. The van der Waals surface area contributed by atoms with E-state index in [1.54, 1.807) is 6.07 Å². The summed E-state index contributed by atoms with van der Waals surface area (Å²) < 4.78 is 19.6. The molecule has 2 aromatic carbocycles. The zero-order valence-electron chi connectivity index (χ0n) is 11.6. The molecule has 0 aliphatic heterocycles. The van der Waals surface area contributed by atoms with Crippen LogP contribution in [-0.2, 0) is 13.0 Å². The Labute approximate surface area is 132 Å². The highest BCUT2D eigenvalue weighted by molar-refractivity contribution is 9.10. The molecule has 0 saturated carbocycles. The number of hydrogen-bond donors (Lipinski definition) is 1. The molecule has 0 spiro atoms. The van der Waals surface area contributed by atoms with E-state index in [4.69, 9.17) is 10.5 Å². The predicted octanol–water partition coefficient (Wildman–Crippen LogP) is 4.50. The molecule has 2 nitrogen and oxygen atoms in total. The number of nitrogens with two attached hydrogens (primary N) is 1. The van der Waals surface area contributed by atoms with Gasteiger partial charge in [-0.3, -0.25) is 0 Å². The standard InChI is InChI=1S/C17H17BrFNO/c18-16-8-13(19)6-4-12(16)10-21-14-7-5-11-2-1-3-17(20)15(11)9-14/h4-9,17H,1-3,10,20H2. The van der Waals surface area contributed by atoms with E-state index >= 15 is 0 Å². The van der Waals surface area contributed by atoms with Gasteiger partial charge in [-0.25, -0.2) is 4.39 Å². The van der Waals surface area contributed by atoms with Crippen LogP contribution < -0.4 is 10.5 Å². The van der Waals surface area contributed by atoms with Crippen LogP contribution >= 0.6 is 15.9 Å². The molecule has 0 amide bonds. The maximum absolute atomic E-state index is 13.1. The van der Waals surface area contributed by atoms with E-state index in [9.17, 15) is 4.39 Å². The number of halogens is 2. The highest BCUT2D eigenvalue weighted by Gasteiger charge is 2.17. The van der Waals surface area contributed by atoms with Gasteiger partial charge in [-0.15, -0.1) is 0 Å². The van der Waals surface area contributed by atoms with Crippen molar-refractivity contribution in [1.82, 2.24) is 0 Å². The molecule has 0 heterocycles. The minimum atomic E-state index is -0.259. The van der Waals surface area contributed by atoms with Gasteiger partial charge >= 0.3 is 0 Å². The molecule has 0 saturated heterocycles. The predicted molar refractivity (Wildman–Crippen MR) is 84.7 cm³/mol. The van der Waals surface area contributed by atoms with Crippen LogP contribution in [0.15, 0.2) is 40.9 Å². The van der Waals surface area contributed by atoms with Gasteiger partial charge in [-0.1, -0.05) is 28.1 Å². The van der Waals surface area contributed by atoms with Gasteiger partial charge in [-0.05, 0) is 54.7 Å². The topological polar surface area (TPSA) is 35.2 Å². The van der Waals surface area contributed by atoms with Crippen molar-refractivity contribution in [3.05, 3.63) is 63.4 Å². The van der Waals surface area contributed by atoms with Crippen LogP contribution in [0.1, 0.15) is 35.6 Å². The fraction of sp³-hybridized carbons (Fsp3) is 0.294. The molecule has 21 heavy (non-hydrogen) atoms. The molecule has 0 aromatic heterocycles. The molecule has 1 aliphatic rings. The Balaban J connectivity index is 1.75. The van der Waals surface area contributed by atoms with Crippen LogP contribution in [0.4, 0.5) is 4.39 Å². The molecule has 4 heteroatoms. The second-order valence-electron chi connectivity index (χ2n) is 5.38. The Hall–Kier alpha value is -1.39. The van der Waals surface area contributed by atoms with Gasteiger partial charge in [0.15, 0.2) is 0 Å². The summed E-state index contributed by atoms with van der Waals surface area (Å²) in [4.78, 5) is 0. The molecule has 3 rings (SSSR count). The van der Waals surface area contributed by atoms with Gasteiger partial charge < -0.3 is 10.5 Å². The van der Waals surface area contributed by atoms with Crippen LogP contribution in [0.5, 0.6) is 5.75 Å². The summed E-state index contributed by atoms with van der Waals surface area (Å²) in [5.41, 5.74) is 9.59. The second-order valence-corrected chi connectivity index (χ2v) is 6.24. The van der Waals surface area contributed by atoms with Gasteiger partial charge in [0, 0.05) is 16.1 Å². The monoisotopic (exact) mass is 349 g/mol. The van der Waals surface area contributed by atoms with Crippen LogP contribution in [0, 0.1) is 5.82 Å². The quantitative estimate of drug-likeness (QED) is 0.884. The first-order valence-electron chi connectivity index (χ1n) is 7.08. The van der Waals surface area contributed by atoms with Gasteiger partial charge in [-0.2, -0.15) is 0 Å². The average molecular weight is 350 g/mol. The Morgan fingerprint density at radius 3 is 2.90 bits per heavy atom. The fourth-order valence-electron chi connectivity index (χ4n) is 2.70. The molecule has 0 bridgehead atoms. The lowest BCUT2D eigenvalue weighted by molar-refractivity contribution is 0.304. The third-order valence-corrected chi connectivity index (χ3v) is 4.63. The second kappa shape index (κ2) is 6.16. The Morgan fingerprint density at radius 1 is 1.24 bits per heavy atom. The molecule has 0 fully saturated rings. The summed E-state index contributed by atoms with van der Waals surface area (Å²) in [7, 11) is 0. The first kappa shape index (κ1) is 14.5. The maximum atomic E-state index is 13.1. The molecule has 1 aliphatic carbocycles. The number of aryl methyl sites for hydroxylation is 1.